The molecule has 1 saturated heterocycles. The standard InChI is InChI=1S/C7H14F2N2O/c8-7(9)3-6(4-12)11(5-7)2-1-10/h6,12H,1-5,10H2/t6-/m1/s1. The van der Waals surface area contributed by atoms with E-state index in [0.717, 1.165) is 0 Å². The van der Waals surface area contributed by atoms with E-state index in [0.29, 0.717) is 13.1 Å². The average Bonchev–Trinajstić information content (AvgIpc) is 2.26. The van der Waals surface area contributed by atoms with Gasteiger partial charge in [0.05, 0.1) is 13.2 Å². The van der Waals surface area contributed by atoms with Crippen molar-refractivity contribution in [1.29, 1.82) is 0 Å². The first-order chi connectivity index (χ1) is 5.59. The van der Waals surface area contributed by atoms with Crippen molar-refractivity contribution in [2.75, 3.05) is 26.2 Å². The fourth-order valence-electron chi connectivity index (χ4n) is 1.57. The highest BCUT2D eigenvalue weighted by molar-refractivity contribution is 4.89. The number of alkyl halides is 2. The molecule has 0 bridgehead atoms. The lowest BCUT2D eigenvalue weighted by molar-refractivity contribution is 0.0120. The third-order valence-electron chi connectivity index (χ3n) is 2.11. The first-order valence-electron chi connectivity index (χ1n) is 4.02. The molecule has 0 unspecified atom stereocenters. The summed E-state index contributed by atoms with van der Waals surface area (Å²) >= 11 is 0. The van der Waals surface area contributed by atoms with Crippen molar-refractivity contribution in [2.24, 2.45) is 5.73 Å². The predicted octanol–water partition coefficient (Wildman–Crippen LogP) is -0.353. The predicted molar refractivity (Wildman–Crippen MR) is 41.1 cm³/mol. The maximum absolute atomic E-state index is 12.8. The van der Waals surface area contributed by atoms with Crippen LogP contribution in [0.3, 0.4) is 0 Å². The number of hydrogen-bond donors (Lipinski definition) is 2. The SMILES string of the molecule is NCCN1CC(F)(F)C[C@@H]1CO. The van der Waals surface area contributed by atoms with Crippen molar-refractivity contribution in [3.8, 4) is 0 Å². The van der Waals surface area contributed by atoms with Gasteiger partial charge in [0.2, 0.25) is 0 Å². The van der Waals surface area contributed by atoms with Gasteiger partial charge in [-0.2, -0.15) is 0 Å². The summed E-state index contributed by atoms with van der Waals surface area (Å²) in [6, 6.07) is -0.413. The smallest absolute Gasteiger partial charge is 0.262 e. The summed E-state index contributed by atoms with van der Waals surface area (Å²) in [4.78, 5) is 1.54. The van der Waals surface area contributed by atoms with Crippen molar-refractivity contribution in [1.82, 2.24) is 4.90 Å². The summed E-state index contributed by atoms with van der Waals surface area (Å²) in [6.07, 6.45) is -0.247. The summed E-state index contributed by atoms with van der Waals surface area (Å²) in [7, 11) is 0. The maximum Gasteiger partial charge on any atom is 0.262 e. The monoisotopic (exact) mass is 180 g/mol. The number of hydrogen-bond acceptors (Lipinski definition) is 3. The summed E-state index contributed by atoms with van der Waals surface area (Å²) in [5.74, 6) is -2.65. The van der Waals surface area contributed by atoms with E-state index >= 15 is 0 Å². The summed E-state index contributed by atoms with van der Waals surface area (Å²) in [5.41, 5.74) is 5.25. The Morgan fingerprint density at radius 1 is 1.58 bits per heavy atom. The van der Waals surface area contributed by atoms with E-state index in [1.165, 1.54) is 0 Å². The Kier molecular flexibility index (Phi) is 2.98. The molecule has 5 heteroatoms. The van der Waals surface area contributed by atoms with Crippen LogP contribution >= 0.6 is 0 Å². The van der Waals surface area contributed by atoms with E-state index in [1.807, 2.05) is 0 Å². The quantitative estimate of drug-likeness (QED) is 0.624. The summed E-state index contributed by atoms with van der Waals surface area (Å²) in [5, 5.41) is 8.78. The van der Waals surface area contributed by atoms with E-state index in [2.05, 4.69) is 0 Å². The zero-order valence-corrected chi connectivity index (χ0v) is 6.84. The number of likely N-dealkylation sites (tertiary alicyclic amines) is 1. The molecule has 3 N–H and O–H groups in total. The van der Waals surface area contributed by atoms with Crippen LogP contribution in [0.25, 0.3) is 0 Å². The maximum atomic E-state index is 12.8. The Balaban J connectivity index is 2.50. The fraction of sp³-hybridized carbons (Fsp3) is 1.00. The third kappa shape index (κ3) is 2.12. The second-order valence-electron chi connectivity index (χ2n) is 3.16. The van der Waals surface area contributed by atoms with E-state index in [9.17, 15) is 8.78 Å². The van der Waals surface area contributed by atoms with Crippen LogP contribution in [0.5, 0.6) is 0 Å². The lowest BCUT2D eigenvalue weighted by Crippen LogP contribution is -2.36. The van der Waals surface area contributed by atoms with Crippen molar-refractivity contribution in [3.63, 3.8) is 0 Å². The molecule has 1 rings (SSSR count). The van der Waals surface area contributed by atoms with Crippen LogP contribution in [0.15, 0.2) is 0 Å². The van der Waals surface area contributed by atoms with Crippen LogP contribution in [0.1, 0.15) is 6.42 Å². The Bertz CT molecular complexity index is 154. The van der Waals surface area contributed by atoms with Crippen molar-refractivity contribution < 1.29 is 13.9 Å². The van der Waals surface area contributed by atoms with Gasteiger partial charge in [-0.3, -0.25) is 4.90 Å². The number of nitrogens with zero attached hydrogens (tertiary/aromatic N) is 1. The van der Waals surface area contributed by atoms with Gasteiger partial charge < -0.3 is 10.8 Å². The van der Waals surface area contributed by atoms with Gasteiger partial charge in [-0.05, 0) is 0 Å². The molecule has 0 spiro atoms. The number of aliphatic hydroxyl groups excluding tert-OH is 1. The molecule has 72 valence electrons. The zero-order valence-electron chi connectivity index (χ0n) is 6.84. The number of rotatable bonds is 3. The molecule has 1 atom stereocenters. The minimum Gasteiger partial charge on any atom is -0.395 e. The molecular formula is C7H14F2N2O. The van der Waals surface area contributed by atoms with Crippen LogP contribution in [0, 0.1) is 0 Å². The van der Waals surface area contributed by atoms with Gasteiger partial charge >= 0.3 is 0 Å². The van der Waals surface area contributed by atoms with E-state index in [1.54, 1.807) is 4.90 Å². The molecule has 0 aromatic carbocycles. The average molecular weight is 180 g/mol. The highest BCUT2D eigenvalue weighted by Crippen LogP contribution is 2.31. The zero-order chi connectivity index (χ0) is 9.19. The number of aliphatic hydroxyl groups is 1. The Hall–Kier alpha value is -0.260. The lowest BCUT2D eigenvalue weighted by Gasteiger charge is -2.20. The molecule has 0 aliphatic carbocycles. The van der Waals surface area contributed by atoms with Crippen LogP contribution in [0.4, 0.5) is 8.78 Å². The van der Waals surface area contributed by atoms with E-state index in [-0.39, 0.29) is 19.6 Å². The molecule has 1 fully saturated rings. The summed E-state index contributed by atoms with van der Waals surface area (Å²) < 4.78 is 25.5. The Labute approximate surface area is 70.1 Å². The van der Waals surface area contributed by atoms with Crippen molar-refractivity contribution >= 4 is 0 Å². The molecule has 1 aliphatic rings. The Morgan fingerprint density at radius 2 is 2.25 bits per heavy atom. The molecule has 0 saturated carbocycles. The van der Waals surface area contributed by atoms with Crippen molar-refractivity contribution in [3.05, 3.63) is 0 Å². The van der Waals surface area contributed by atoms with Crippen LogP contribution in [-0.2, 0) is 0 Å². The van der Waals surface area contributed by atoms with Gasteiger partial charge in [-0.15, -0.1) is 0 Å². The van der Waals surface area contributed by atoms with Gasteiger partial charge in [-0.1, -0.05) is 0 Å². The topological polar surface area (TPSA) is 49.5 Å². The van der Waals surface area contributed by atoms with E-state index < -0.39 is 12.0 Å². The number of nitrogens with two attached hydrogens (primary N) is 1. The number of halogens is 2. The normalized spacial score (nSPS) is 29.5. The largest absolute Gasteiger partial charge is 0.395 e. The molecular weight excluding hydrogens is 166 g/mol. The lowest BCUT2D eigenvalue weighted by atomic mass is 10.2. The van der Waals surface area contributed by atoms with Crippen molar-refractivity contribution in [2.45, 2.75) is 18.4 Å². The molecule has 1 heterocycles. The minimum atomic E-state index is -2.65. The fourth-order valence-corrected chi connectivity index (χ4v) is 1.57. The van der Waals surface area contributed by atoms with Gasteiger partial charge in [0, 0.05) is 25.6 Å². The summed E-state index contributed by atoms with van der Waals surface area (Å²) in [6.45, 7) is 0.304. The van der Waals surface area contributed by atoms with Gasteiger partial charge in [0.1, 0.15) is 0 Å². The second-order valence-corrected chi connectivity index (χ2v) is 3.16. The highest BCUT2D eigenvalue weighted by atomic mass is 19.3. The van der Waals surface area contributed by atoms with Crippen LogP contribution < -0.4 is 5.73 Å². The van der Waals surface area contributed by atoms with Crippen LogP contribution in [0.2, 0.25) is 0 Å². The highest BCUT2D eigenvalue weighted by Gasteiger charge is 2.43. The van der Waals surface area contributed by atoms with Gasteiger partial charge in [0.15, 0.2) is 0 Å². The molecule has 0 radical (unpaired) electrons. The molecule has 3 nitrogen and oxygen atoms in total. The third-order valence-corrected chi connectivity index (χ3v) is 2.11. The molecule has 12 heavy (non-hydrogen) atoms. The first-order valence-corrected chi connectivity index (χ1v) is 4.02. The molecule has 0 amide bonds. The van der Waals surface area contributed by atoms with Crippen LogP contribution in [-0.4, -0.2) is 48.2 Å². The van der Waals surface area contributed by atoms with E-state index in [4.69, 9.17) is 10.8 Å². The molecule has 0 aromatic heterocycles. The Morgan fingerprint density at radius 3 is 2.75 bits per heavy atom. The molecule has 0 aromatic rings. The second kappa shape index (κ2) is 3.64. The first kappa shape index (κ1) is 9.83. The van der Waals surface area contributed by atoms with Gasteiger partial charge in [-0.25, -0.2) is 8.78 Å². The van der Waals surface area contributed by atoms with Gasteiger partial charge in [0.25, 0.3) is 5.92 Å². The molecule has 1 aliphatic heterocycles. The minimum absolute atomic E-state index is 0.213.